The summed E-state index contributed by atoms with van der Waals surface area (Å²) in [6.07, 6.45) is 5.29. The molecule has 0 fully saturated rings. The van der Waals surface area contributed by atoms with E-state index in [2.05, 4.69) is 11.7 Å². The maximum absolute atomic E-state index is 10.7. The van der Waals surface area contributed by atoms with Crippen molar-refractivity contribution in [2.24, 2.45) is 0 Å². The molecule has 110 valence electrons. The van der Waals surface area contributed by atoms with Crippen LogP contribution in [0.1, 0.15) is 65.2 Å². The third-order valence-corrected chi connectivity index (χ3v) is 2.21. The summed E-state index contributed by atoms with van der Waals surface area (Å²) >= 11 is 0. The van der Waals surface area contributed by atoms with Crippen LogP contribution in [0.2, 0.25) is 0 Å². The van der Waals surface area contributed by atoms with Crippen molar-refractivity contribution >= 4 is 5.97 Å². The lowest BCUT2D eigenvalue weighted by Gasteiger charge is -2.00. The summed E-state index contributed by atoms with van der Waals surface area (Å²) in [5.41, 5.74) is 0. The fraction of sp³-hybridized carbons (Fsp3) is 0.923. The van der Waals surface area contributed by atoms with E-state index in [4.69, 9.17) is 0 Å². The van der Waals surface area contributed by atoms with Crippen LogP contribution in [0, 0.1) is 0 Å². The Morgan fingerprint density at radius 1 is 1.00 bits per heavy atom. The van der Waals surface area contributed by atoms with Gasteiger partial charge in [0.25, 0.3) is 0 Å². The quantitative estimate of drug-likeness (QED) is 0.464. The van der Waals surface area contributed by atoms with Gasteiger partial charge < -0.3 is 4.74 Å². The molecule has 5 heteroatoms. The molecule has 18 heavy (non-hydrogen) atoms. The maximum atomic E-state index is 10.7. The standard InChI is InChI=1S/C11H22O2.C2H3F3/c1-3-4-5-6-7-8-9-10-11(12)13-2;1-2(3,4)5/h3-10H2,1-2H3;1H3. The van der Waals surface area contributed by atoms with Gasteiger partial charge in [0.15, 0.2) is 0 Å². The second-order valence-electron chi connectivity index (χ2n) is 4.23. The molecule has 0 radical (unpaired) electrons. The highest BCUT2D eigenvalue weighted by Crippen LogP contribution is 2.10. The zero-order valence-corrected chi connectivity index (χ0v) is 11.6. The number of methoxy groups -OCH3 is 1. The molecule has 0 aliphatic rings. The van der Waals surface area contributed by atoms with Crippen molar-refractivity contribution in [1.82, 2.24) is 0 Å². The first kappa shape index (κ1) is 19.6. The molecule has 0 heterocycles. The highest BCUT2D eigenvalue weighted by atomic mass is 19.4. The molecule has 0 aromatic rings. The number of rotatable bonds is 8. The van der Waals surface area contributed by atoms with Crippen LogP contribution >= 0.6 is 0 Å². The lowest BCUT2D eigenvalue weighted by atomic mass is 10.1. The average molecular weight is 270 g/mol. The fourth-order valence-electron chi connectivity index (χ4n) is 1.33. The van der Waals surface area contributed by atoms with Crippen molar-refractivity contribution in [3.63, 3.8) is 0 Å². The number of ether oxygens (including phenoxy) is 1. The molecule has 0 saturated carbocycles. The van der Waals surface area contributed by atoms with Gasteiger partial charge in [0.2, 0.25) is 0 Å². The zero-order chi connectivity index (χ0) is 14.4. The molecule has 2 nitrogen and oxygen atoms in total. The van der Waals surface area contributed by atoms with Gasteiger partial charge in [-0.1, -0.05) is 45.4 Å². The lowest BCUT2D eigenvalue weighted by Crippen LogP contribution is -1.99. The van der Waals surface area contributed by atoms with E-state index in [0.717, 1.165) is 6.42 Å². The van der Waals surface area contributed by atoms with Crippen molar-refractivity contribution in [3.8, 4) is 0 Å². The van der Waals surface area contributed by atoms with E-state index >= 15 is 0 Å². The molecule has 0 saturated heterocycles. The van der Waals surface area contributed by atoms with Crippen LogP contribution in [-0.2, 0) is 9.53 Å². The van der Waals surface area contributed by atoms with Crippen molar-refractivity contribution in [3.05, 3.63) is 0 Å². The topological polar surface area (TPSA) is 26.3 Å². The number of halogens is 3. The molecular weight excluding hydrogens is 245 g/mol. The predicted octanol–water partition coefficient (Wildman–Crippen LogP) is 4.87. The van der Waals surface area contributed by atoms with Crippen molar-refractivity contribution in [2.45, 2.75) is 71.4 Å². The number of carbonyl (C=O) groups is 1. The first-order chi connectivity index (χ1) is 8.31. The van der Waals surface area contributed by atoms with Crippen LogP contribution in [0.25, 0.3) is 0 Å². The van der Waals surface area contributed by atoms with Gasteiger partial charge in [-0.05, 0) is 6.42 Å². The molecule has 0 aliphatic heterocycles. The van der Waals surface area contributed by atoms with Crippen molar-refractivity contribution in [2.75, 3.05) is 7.11 Å². The Labute approximate surface area is 108 Å². The second kappa shape index (κ2) is 12.7. The molecule has 0 rings (SSSR count). The Bertz CT molecular complexity index is 185. The van der Waals surface area contributed by atoms with Gasteiger partial charge in [-0.2, -0.15) is 13.2 Å². The van der Waals surface area contributed by atoms with Gasteiger partial charge in [-0.25, -0.2) is 0 Å². The van der Waals surface area contributed by atoms with E-state index in [9.17, 15) is 18.0 Å². The average Bonchev–Trinajstić information content (AvgIpc) is 2.25. The normalized spacial score (nSPS) is 10.6. The van der Waals surface area contributed by atoms with E-state index < -0.39 is 6.18 Å². The molecule has 0 N–H and O–H groups in total. The molecule has 0 unspecified atom stereocenters. The molecule has 0 amide bonds. The number of unbranched alkanes of at least 4 members (excludes halogenated alkanes) is 6. The van der Waals surface area contributed by atoms with E-state index in [1.807, 2.05) is 0 Å². The Morgan fingerprint density at radius 2 is 1.39 bits per heavy atom. The number of esters is 1. The van der Waals surface area contributed by atoms with Crippen LogP contribution in [0.4, 0.5) is 13.2 Å². The molecule has 0 spiro atoms. The monoisotopic (exact) mass is 270 g/mol. The van der Waals surface area contributed by atoms with E-state index in [-0.39, 0.29) is 12.9 Å². The Kier molecular flexibility index (Phi) is 13.8. The molecule has 0 aromatic heterocycles. The van der Waals surface area contributed by atoms with Crippen molar-refractivity contribution < 1.29 is 22.7 Å². The van der Waals surface area contributed by atoms with E-state index in [1.165, 1.54) is 45.6 Å². The number of alkyl halides is 3. The number of hydrogen-bond donors (Lipinski definition) is 0. The molecule has 0 aromatic carbocycles. The minimum atomic E-state index is -4.00. The van der Waals surface area contributed by atoms with Gasteiger partial charge in [0, 0.05) is 13.3 Å². The van der Waals surface area contributed by atoms with Crippen LogP contribution in [0.15, 0.2) is 0 Å². The van der Waals surface area contributed by atoms with Crippen LogP contribution in [-0.4, -0.2) is 19.3 Å². The van der Waals surface area contributed by atoms with Gasteiger partial charge >= 0.3 is 12.1 Å². The summed E-state index contributed by atoms with van der Waals surface area (Å²) in [6, 6.07) is 0. The van der Waals surface area contributed by atoms with E-state index in [0.29, 0.717) is 6.42 Å². The Morgan fingerprint density at radius 3 is 1.78 bits per heavy atom. The third-order valence-electron chi connectivity index (χ3n) is 2.21. The highest BCUT2D eigenvalue weighted by molar-refractivity contribution is 5.68. The fourth-order valence-corrected chi connectivity index (χ4v) is 1.33. The lowest BCUT2D eigenvalue weighted by molar-refractivity contribution is -0.140. The van der Waals surface area contributed by atoms with Gasteiger partial charge in [0.1, 0.15) is 0 Å². The minimum Gasteiger partial charge on any atom is -0.469 e. The minimum absolute atomic E-state index is 0.0754. The summed E-state index contributed by atoms with van der Waals surface area (Å²) in [4.78, 5) is 10.7. The summed E-state index contributed by atoms with van der Waals surface area (Å²) in [7, 11) is 1.45. The SMILES string of the molecule is CC(F)(F)F.CCCCCCCCCC(=O)OC. The molecule has 0 bridgehead atoms. The number of carbonyl (C=O) groups excluding carboxylic acids is 1. The smallest absolute Gasteiger partial charge is 0.386 e. The first-order valence-electron chi connectivity index (χ1n) is 6.44. The number of hydrogen-bond acceptors (Lipinski definition) is 2. The van der Waals surface area contributed by atoms with Crippen LogP contribution in [0.3, 0.4) is 0 Å². The molecular formula is C13H25F3O2. The van der Waals surface area contributed by atoms with Crippen LogP contribution in [0.5, 0.6) is 0 Å². The largest absolute Gasteiger partial charge is 0.469 e. The summed E-state index contributed by atoms with van der Waals surface area (Å²) in [5, 5.41) is 0. The summed E-state index contributed by atoms with van der Waals surface area (Å²) < 4.78 is 35.6. The van der Waals surface area contributed by atoms with Gasteiger partial charge in [-0.3, -0.25) is 4.79 Å². The maximum Gasteiger partial charge on any atom is 0.386 e. The predicted molar refractivity (Wildman–Crippen MR) is 66.4 cm³/mol. The van der Waals surface area contributed by atoms with E-state index in [1.54, 1.807) is 0 Å². The zero-order valence-electron chi connectivity index (χ0n) is 11.6. The molecule has 0 aliphatic carbocycles. The first-order valence-corrected chi connectivity index (χ1v) is 6.44. The Hall–Kier alpha value is -0.740. The van der Waals surface area contributed by atoms with Crippen LogP contribution < -0.4 is 0 Å². The second-order valence-corrected chi connectivity index (χ2v) is 4.23. The summed E-state index contributed by atoms with van der Waals surface area (Å²) in [6.45, 7) is 2.41. The summed E-state index contributed by atoms with van der Waals surface area (Å²) in [5.74, 6) is -0.0754. The van der Waals surface area contributed by atoms with Gasteiger partial charge in [-0.15, -0.1) is 0 Å². The Balaban J connectivity index is 0. The van der Waals surface area contributed by atoms with Crippen molar-refractivity contribution in [1.29, 1.82) is 0 Å². The highest BCUT2D eigenvalue weighted by Gasteiger charge is 2.15. The van der Waals surface area contributed by atoms with Gasteiger partial charge in [0.05, 0.1) is 7.11 Å². The third kappa shape index (κ3) is 29.5. The molecule has 0 atom stereocenters.